The van der Waals surface area contributed by atoms with Crippen molar-refractivity contribution in [3.05, 3.63) is 48.6 Å². The van der Waals surface area contributed by atoms with E-state index in [4.69, 9.17) is 5.26 Å². The van der Waals surface area contributed by atoms with Crippen molar-refractivity contribution in [3.8, 4) is 6.07 Å². The fourth-order valence-corrected chi connectivity index (χ4v) is 1.53. The maximum absolute atomic E-state index is 13.0. The monoisotopic (exact) mass is 225 g/mol. The highest BCUT2D eigenvalue weighted by atomic mass is 19.4. The number of alkyl halides is 3. The molecule has 1 rings (SSSR count). The quantitative estimate of drug-likeness (QED) is 0.721. The maximum atomic E-state index is 13.0. The Morgan fingerprint density at radius 3 is 2.19 bits per heavy atom. The Balaban J connectivity index is 3.36. The van der Waals surface area contributed by atoms with E-state index in [1.807, 2.05) is 0 Å². The van der Waals surface area contributed by atoms with Crippen LogP contribution in [0.5, 0.6) is 0 Å². The van der Waals surface area contributed by atoms with Crippen molar-refractivity contribution in [1.29, 1.82) is 5.26 Å². The summed E-state index contributed by atoms with van der Waals surface area (Å²) in [5.41, 5.74) is -2.23. The van der Waals surface area contributed by atoms with Crippen LogP contribution in [0, 0.1) is 11.3 Å². The molecule has 0 spiro atoms. The maximum Gasteiger partial charge on any atom is 0.402 e. The number of rotatable bonds is 3. The van der Waals surface area contributed by atoms with E-state index in [-0.39, 0.29) is 5.56 Å². The molecule has 0 N–H and O–H groups in total. The summed E-state index contributed by atoms with van der Waals surface area (Å²) in [6.45, 7) is 3.22. The van der Waals surface area contributed by atoms with Crippen molar-refractivity contribution < 1.29 is 13.2 Å². The van der Waals surface area contributed by atoms with Gasteiger partial charge in [-0.25, -0.2) is 0 Å². The standard InChI is InChI=1S/C12H10F3N/c1-2-11(8-9-16,12(13,14)15)10-6-4-3-5-7-10/h2-7H,1,8H2/t11-/m0/s1. The summed E-state index contributed by atoms with van der Waals surface area (Å²) < 4.78 is 39.1. The van der Waals surface area contributed by atoms with Crippen molar-refractivity contribution in [2.45, 2.75) is 18.0 Å². The number of hydrogen-bond acceptors (Lipinski definition) is 1. The molecular weight excluding hydrogens is 215 g/mol. The molecule has 4 heteroatoms. The third kappa shape index (κ3) is 1.94. The Labute approximate surface area is 91.8 Å². The molecule has 1 atom stereocenters. The Hall–Kier alpha value is -1.76. The molecular formula is C12H10F3N. The minimum atomic E-state index is -4.52. The van der Waals surface area contributed by atoms with Crippen LogP contribution in [0.25, 0.3) is 0 Å². The lowest BCUT2D eigenvalue weighted by molar-refractivity contribution is -0.174. The average molecular weight is 225 g/mol. The first-order chi connectivity index (χ1) is 7.48. The number of halogens is 3. The van der Waals surface area contributed by atoms with Gasteiger partial charge >= 0.3 is 6.18 Å². The molecule has 0 aliphatic rings. The lowest BCUT2D eigenvalue weighted by atomic mass is 9.77. The van der Waals surface area contributed by atoms with E-state index in [0.29, 0.717) is 0 Å². The van der Waals surface area contributed by atoms with Gasteiger partial charge in [-0.05, 0) is 5.56 Å². The Kier molecular flexibility index (Phi) is 3.38. The van der Waals surface area contributed by atoms with E-state index in [1.54, 1.807) is 12.1 Å². The summed E-state index contributed by atoms with van der Waals surface area (Å²) in [4.78, 5) is 0. The van der Waals surface area contributed by atoms with Gasteiger partial charge in [0.15, 0.2) is 0 Å². The van der Waals surface area contributed by atoms with Crippen LogP contribution in [-0.2, 0) is 5.41 Å². The summed E-state index contributed by atoms with van der Waals surface area (Å²) in [5.74, 6) is 0. The van der Waals surface area contributed by atoms with Crippen molar-refractivity contribution in [2.24, 2.45) is 0 Å². The van der Waals surface area contributed by atoms with Crippen LogP contribution in [-0.4, -0.2) is 6.18 Å². The van der Waals surface area contributed by atoms with Crippen LogP contribution in [0.2, 0.25) is 0 Å². The van der Waals surface area contributed by atoms with E-state index in [1.165, 1.54) is 24.3 Å². The van der Waals surface area contributed by atoms with Crippen molar-refractivity contribution in [3.63, 3.8) is 0 Å². The zero-order chi connectivity index (χ0) is 12.2. The Bertz CT molecular complexity index is 403. The number of benzene rings is 1. The SMILES string of the molecule is C=C[C@](CC#N)(c1ccccc1)C(F)(F)F. The van der Waals surface area contributed by atoms with Gasteiger partial charge in [0.2, 0.25) is 0 Å². The Morgan fingerprint density at radius 1 is 1.25 bits per heavy atom. The molecule has 0 aliphatic heterocycles. The molecule has 0 radical (unpaired) electrons. The van der Waals surface area contributed by atoms with Gasteiger partial charge in [-0.1, -0.05) is 36.4 Å². The van der Waals surface area contributed by atoms with Gasteiger partial charge in [-0.15, -0.1) is 6.58 Å². The lowest BCUT2D eigenvalue weighted by Gasteiger charge is -2.31. The second kappa shape index (κ2) is 4.40. The van der Waals surface area contributed by atoms with E-state index in [2.05, 4.69) is 6.58 Å². The van der Waals surface area contributed by atoms with Crippen LogP contribution in [0.4, 0.5) is 13.2 Å². The zero-order valence-corrected chi connectivity index (χ0v) is 8.46. The van der Waals surface area contributed by atoms with Gasteiger partial charge in [0, 0.05) is 0 Å². The third-order valence-corrected chi connectivity index (χ3v) is 2.50. The van der Waals surface area contributed by atoms with E-state index < -0.39 is 18.0 Å². The smallest absolute Gasteiger partial charge is 0.198 e. The molecule has 0 bridgehead atoms. The van der Waals surface area contributed by atoms with Crippen LogP contribution in [0.3, 0.4) is 0 Å². The Morgan fingerprint density at radius 2 is 1.81 bits per heavy atom. The average Bonchev–Trinajstić information content (AvgIpc) is 2.25. The fraction of sp³-hybridized carbons (Fsp3) is 0.250. The highest BCUT2D eigenvalue weighted by molar-refractivity contribution is 5.34. The van der Waals surface area contributed by atoms with Crippen molar-refractivity contribution in [2.75, 3.05) is 0 Å². The minimum absolute atomic E-state index is 0.0408. The minimum Gasteiger partial charge on any atom is -0.198 e. The molecule has 84 valence electrons. The molecule has 1 aromatic carbocycles. The van der Waals surface area contributed by atoms with Crippen LogP contribution in [0.1, 0.15) is 12.0 Å². The first-order valence-corrected chi connectivity index (χ1v) is 4.61. The summed E-state index contributed by atoms with van der Waals surface area (Å²) in [7, 11) is 0. The number of hydrogen-bond donors (Lipinski definition) is 0. The molecule has 0 aliphatic carbocycles. The summed E-state index contributed by atoms with van der Waals surface area (Å²) in [5, 5.41) is 8.56. The molecule has 0 unspecified atom stereocenters. The van der Waals surface area contributed by atoms with Gasteiger partial charge < -0.3 is 0 Å². The van der Waals surface area contributed by atoms with Crippen molar-refractivity contribution in [1.82, 2.24) is 0 Å². The zero-order valence-electron chi connectivity index (χ0n) is 8.46. The summed E-state index contributed by atoms with van der Waals surface area (Å²) in [6, 6.07) is 8.93. The van der Waals surface area contributed by atoms with Gasteiger partial charge in [-0.3, -0.25) is 0 Å². The van der Waals surface area contributed by atoms with Gasteiger partial charge in [-0.2, -0.15) is 18.4 Å². The van der Waals surface area contributed by atoms with Gasteiger partial charge in [0.05, 0.1) is 12.5 Å². The summed E-state index contributed by atoms with van der Waals surface area (Å²) >= 11 is 0. The second-order valence-corrected chi connectivity index (χ2v) is 3.37. The lowest BCUT2D eigenvalue weighted by Crippen LogP contribution is -2.40. The molecule has 0 amide bonds. The molecule has 1 nitrogen and oxygen atoms in total. The van der Waals surface area contributed by atoms with E-state index in [0.717, 1.165) is 6.08 Å². The fourth-order valence-electron chi connectivity index (χ4n) is 1.53. The summed E-state index contributed by atoms with van der Waals surface area (Å²) in [6.07, 6.45) is -4.39. The van der Waals surface area contributed by atoms with E-state index >= 15 is 0 Å². The van der Waals surface area contributed by atoms with Gasteiger partial charge in [0.1, 0.15) is 5.41 Å². The third-order valence-electron chi connectivity index (χ3n) is 2.50. The van der Waals surface area contributed by atoms with Gasteiger partial charge in [0.25, 0.3) is 0 Å². The highest BCUT2D eigenvalue weighted by Crippen LogP contribution is 2.44. The van der Waals surface area contributed by atoms with Crippen molar-refractivity contribution >= 4 is 0 Å². The van der Waals surface area contributed by atoms with E-state index in [9.17, 15) is 13.2 Å². The molecule has 1 aromatic rings. The molecule has 0 fully saturated rings. The predicted octanol–water partition coefficient (Wildman–Crippen LogP) is 3.59. The molecule has 0 aromatic heterocycles. The van der Waals surface area contributed by atoms with Crippen LogP contribution >= 0.6 is 0 Å². The highest BCUT2D eigenvalue weighted by Gasteiger charge is 2.53. The molecule has 0 saturated heterocycles. The normalized spacial score (nSPS) is 14.9. The number of allylic oxidation sites excluding steroid dienone is 1. The van der Waals surface area contributed by atoms with Crippen LogP contribution in [0.15, 0.2) is 43.0 Å². The topological polar surface area (TPSA) is 23.8 Å². The first kappa shape index (κ1) is 12.3. The largest absolute Gasteiger partial charge is 0.402 e. The molecule has 0 saturated carbocycles. The predicted molar refractivity (Wildman–Crippen MR) is 54.6 cm³/mol. The number of nitriles is 1. The molecule has 0 heterocycles. The number of nitrogens with zero attached hydrogens (tertiary/aromatic N) is 1. The molecule has 16 heavy (non-hydrogen) atoms. The van der Waals surface area contributed by atoms with Crippen LogP contribution < -0.4 is 0 Å². The second-order valence-electron chi connectivity index (χ2n) is 3.37. The first-order valence-electron chi connectivity index (χ1n) is 4.61.